The number of carbonyl (C=O) groups excluding carboxylic acids is 7. The van der Waals surface area contributed by atoms with E-state index in [1.807, 2.05) is 38.1 Å². The molecule has 4 rings (SSSR count). The Hall–Kier alpha value is -5.01. The number of esters is 1. The summed E-state index contributed by atoms with van der Waals surface area (Å²) in [6.07, 6.45) is 9.52. The van der Waals surface area contributed by atoms with Gasteiger partial charge in [-0.05, 0) is 57.9 Å². The molecule has 0 bridgehead atoms. The number of hydrogen-bond acceptors (Lipinski definition) is 8. The Morgan fingerprint density at radius 3 is 2.38 bits per heavy atom. The Bertz CT molecular complexity index is 1550. The molecule has 3 heterocycles. The number of fused-ring (bicyclic) bond motifs is 2. The van der Waals surface area contributed by atoms with Crippen molar-refractivity contribution in [2.24, 2.45) is 0 Å². The van der Waals surface area contributed by atoms with Crippen LogP contribution >= 0.6 is 0 Å². The fourth-order valence-electron chi connectivity index (χ4n) is 6.91. The summed E-state index contributed by atoms with van der Waals surface area (Å²) in [5, 5.41) is 8.14. The van der Waals surface area contributed by atoms with Crippen LogP contribution in [0, 0.1) is 0 Å². The first kappa shape index (κ1) is 39.8. The van der Waals surface area contributed by atoms with Gasteiger partial charge in [-0.25, -0.2) is 4.79 Å². The third-order valence-electron chi connectivity index (χ3n) is 10.0. The van der Waals surface area contributed by atoms with E-state index in [4.69, 9.17) is 4.74 Å². The summed E-state index contributed by atoms with van der Waals surface area (Å²) in [6, 6.07) is 2.30. The van der Waals surface area contributed by atoms with Crippen LogP contribution in [0.2, 0.25) is 0 Å². The van der Waals surface area contributed by atoms with E-state index in [9.17, 15) is 33.6 Å². The van der Waals surface area contributed by atoms with E-state index in [0.717, 1.165) is 12.0 Å². The quantitative estimate of drug-likeness (QED) is 0.195. The van der Waals surface area contributed by atoms with E-state index in [0.29, 0.717) is 32.1 Å². The molecule has 1 aromatic carbocycles. The zero-order valence-corrected chi connectivity index (χ0v) is 30.7. The lowest BCUT2D eigenvalue weighted by Crippen LogP contribution is -2.61. The number of likely N-dealkylation sites (N-methyl/N-ethyl adjacent to an activating group) is 1. The molecule has 282 valence electrons. The van der Waals surface area contributed by atoms with Gasteiger partial charge in [-0.1, -0.05) is 62.4 Å². The van der Waals surface area contributed by atoms with Crippen LogP contribution in [0.4, 0.5) is 0 Å². The van der Waals surface area contributed by atoms with Crippen molar-refractivity contribution in [1.82, 2.24) is 30.7 Å². The molecule has 3 saturated heterocycles. The predicted octanol–water partition coefficient (Wildman–Crippen LogP) is 1.39. The fourth-order valence-corrected chi connectivity index (χ4v) is 6.91. The molecule has 52 heavy (non-hydrogen) atoms. The molecular weight excluding hydrogens is 668 g/mol. The monoisotopic (exact) mass is 720 g/mol. The topological polar surface area (TPSA) is 175 Å². The number of nitrogens with one attached hydrogen (secondary N) is 3. The standard InChI is InChI=1S/C38H52N6O8/c1-6-8-9-13-18-32(45)40-28(22-26-15-11-10-12-16-26)34(47)41-29-23-52-38(51)31-17-14-21-43(31)35(48)24(3)39-33(46)25(4)42(5)37(50)30-20-19-27(7-2)44(30)36(29)49/h8-13,15-16,18,24-25,27-31H,6-7,14,17,19-23H2,1-5H3,(H,39,46)(H,40,45)(H,41,47). The average Bonchev–Trinajstić information content (AvgIpc) is 3.81. The van der Waals surface area contributed by atoms with E-state index in [1.165, 1.54) is 34.7 Å². The van der Waals surface area contributed by atoms with Gasteiger partial charge >= 0.3 is 5.97 Å². The second-order valence-corrected chi connectivity index (χ2v) is 13.6. The van der Waals surface area contributed by atoms with Crippen LogP contribution < -0.4 is 16.0 Å². The summed E-state index contributed by atoms with van der Waals surface area (Å²) >= 11 is 0. The highest BCUT2D eigenvalue weighted by Gasteiger charge is 2.46. The van der Waals surface area contributed by atoms with Crippen molar-refractivity contribution in [3.8, 4) is 0 Å². The number of hydrogen-bond donors (Lipinski definition) is 3. The Labute approximate surface area is 305 Å². The summed E-state index contributed by atoms with van der Waals surface area (Å²) in [5.41, 5.74) is 0.756. The maximum atomic E-state index is 14.6. The molecule has 0 aliphatic carbocycles. The van der Waals surface area contributed by atoms with E-state index in [-0.39, 0.29) is 19.0 Å². The van der Waals surface area contributed by atoms with Crippen LogP contribution in [0.1, 0.15) is 71.8 Å². The summed E-state index contributed by atoms with van der Waals surface area (Å²) in [7, 11) is 1.48. The minimum Gasteiger partial charge on any atom is -0.461 e. The van der Waals surface area contributed by atoms with Gasteiger partial charge in [0.25, 0.3) is 0 Å². The molecule has 3 fully saturated rings. The molecule has 7 unspecified atom stereocenters. The van der Waals surface area contributed by atoms with Gasteiger partial charge in [-0.3, -0.25) is 28.8 Å². The number of benzene rings is 1. The van der Waals surface area contributed by atoms with Crippen molar-refractivity contribution in [3.63, 3.8) is 0 Å². The first-order chi connectivity index (χ1) is 24.9. The highest BCUT2D eigenvalue weighted by molar-refractivity contribution is 5.98. The first-order valence-corrected chi connectivity index (χ1v) is 18.2. The van der Waals surface area contributed by atoms with Gasteiger partial charge in [-0.2, -0.15) is 0 Å². The van der Waals surface area contributed by atoms with E-state index in [2.05, 4.69) is 16.0 Å². The van der Waals surface area contributed by atoms with Gasteiger partial charge in [0.05, 0.1) is 0 Å². The molecule has 6 amide bonds. The molecule has 1 aromatic rings. The number of cyclic esters (lactones) is 1. The molecule has 0 radical (unpaired) electrons. The normalized spacial score (nSPS) is 27.0. The third-order valence-corrected chi connectivity index (χ3v) is 10.0. The molecule has 0 saturated carbocycles. The largest absolute Gasteiger partial charge is 0.461 e. The summed E-state index contributed by atoms with van der Waals surface area (Å²) in [4.78, 5) is 99.8. The lowest BCUT2D eigenvalue weighted by molar-refractivity contribution is -0.158. The molecule has 0 aromatic heterocycles. The first-order valence-electron chi connectivity index (χ1n) is 18.2. The lowest BCUT2D eigenvalue weighted by atomic mass is 10.0. The molecule has 14 nitrogen and oxygen atoms in total. The maximum Gasteiger partial charge on any atom is 0.328 e. The van der Waals surface area contributed by atoms with E-state index >= 15 is 0 Å². The smallest absolute Gasteiger partial charge is 0.328 e. The number of ether oxygens (including phenoxy) is 1. The zero-order valence-electron chi connectivity index (χ0n) is 30.7. The summed E-state index contributed by atoms with van der Waals surface area (Å²) < 4.78 is 5.70. The number of nitrogens with zero attached hydrogens (tertiary/aromatic N) is 3. The van der Waals surface area contributed by atoms with Crippen LogP contribution in [-0.2, 0) is 44.7 Å². The van der Waals surface area contributed by atoms with Crippen molar-refractivity contribution in [2.45, 2.75) is 115 Å². The molecule has 3 aliphatic rings. The molecule has 3 N–H and O–H groups in total. The molecule has 14 heteroatoms. The third kappa shape index (κ3) is 9.65. The van der Waals surface area contributed by atoms with Crippen LogP contribution in [0.5, 0.6) is 0 Å². The zero-order chi connectivity index (χ0) is 37.9. The highest BCUT2D eigenvalue weighted by Crippen LogP contribution is 2.29. The maximum absolute atomic E-state index is 14.6. The molecule has 0 spiro atoms. The van der Waals surface area contributed by atoms with Gasteiger partial charge in [0.1, 0.15) is 42.9 Å². The highest BCUT2D eigenvalue weighted by atomic mass is 16.5. The Morgan fingerprint density at radius 1 is 0.962 bits per heavy atom. The number of rotatable bonds is 9. The van der Waals surface area contributed by atoms with Gasteiger partial charge < -0.3 is 35.4 Å². The van der Waals surface area contributed by atoms with Crippen LogP contribution in [0.15, 0.2) is 54.6 Å². The summed E-state index contributed by atoms with van der Waals surface area (Å²) in [5.74, 6) is -4.11. The lowest BCUT2D eigenvalue weighted by Gasteiger charge is -2.36. The van der Waals surface area contributed by atoms with Crippen LogP contribution in [0.3, 0.4) is 0 Å². The fraction of sp³-hybridized carbons (Fsp3) is 0.553. The van der Waals surface area contributed by atoms with Gasteiger partial charge in [0, 0.05) is 32.1 Å². The Morgan fingerprint density at radius 2 is 1.69 bits per heavy atom. The predicted molar refractivity (Wildman–Crippen MR) is 192 cm³/mol. The molecular formula is C38H52N6O8. The van der Waals surface area contributed by atoms with Gasteiger partial charge in [0.2, 0.25) is 35.4 Å². The minimum atomic E-state index is -1.43. The number of amides is 6. The van der Waals surface area contributed by atoms with Crippen molar-refractivity contribution >= 4 is 41.4 Å². The number of carbonyl (C=O) groups is 7. The number of allylic oxidation sites excluding steroid dienone is 3. The van der Waals surface area contributed by atoms with Crippen molar-refractivity contribution < 1.29 is 38.3 Å². The van der Waals surface area contributed by atoms with Crippen molar-refractivity contribution in [3.05, 3.63) is 60.2 Å². The van der Waals surface area contributed by atoms with Gasteiger partial charge in [-0.15, -0.1) is 0 Å². The van der Waals surface area contributed by atoms with Crippen molar-refractivity contribution in [2.75, 3.05) is 20.2 Å². The van der Waals surface area contributed by atoms with E-state index in [1.54, 1.807) is 31.2 Å². The Kier molecular flexibility index (Phi) is 14.1. The van der Waals surface area contributed by atoms with Gasteiger partial charge in [0.15, 0.2) is 0 Å². The molecule has 3 aliphatic heterocycles. The second-order valence-electron chi connectivity index (χ2n) is 13.6. The minimum absolute atomic E-state index is 0.0994. The summed E-state index contributed by atoms with van der Waals surface area (Å²) in [6.45, 7) is 6.61. The Balaban J connectivity index is 1.70. The van der Waals surface area contributed by atoms with Crippen LogP contribution in [0.25, 0.3) is 0 Å². The van der Waals surface area contributed by atoms with Crippen molar-refractivity contribution in [1.29, 1.82) is 0 Å². The van der Waals surface area contributed by atoms with Crippen LogP contribution in [-0.4, -0.2) is 119 Å². The van der Waals surface area contributed by atoms with E-state index < -0.39 is 84.3 Å². The molecule has 7 atom stereocenters. The second kappa shape index (κ2) is 18.5. The SMILES string of the molecule is CCC=CC=CC(=O)NC(Cc1ccccc1)C(=O)NC1COC(=O)C2CCCN2C(=O)C(C)NC(=O)C(C)N(C)C(=O)C2CCC(CC)N2C1=O. The average molecular weight is 721 g/mol.